The summed E-state index contributed by atoms with van der Waals surface area (Å²) in [5.74, 6) is 0.727. The molecule has 1 aromatic heterocycles. The van der Waals surface area contributed by atoms with Gasteiger partial charge in [-0.15, -0.1) is 0 Å². The minimum atomic E-state index is -0.642. The summed E-state index contributed by atoms with van der Waals surface area (Å²) in [5.41, 5.74) is 1.99. The number of hydrogen-bond acceptors (Lipinski definition) is 3. The van der Waals surface area contributed by atoms with Crippen LogP contribution in [0.2, 0.25) is 0 Å². The van der Waals surface area contributed by atoms with Crippen molar-refractivity contribution >= 4 is 22.5 Å². The lowest BCUT2D eigenvalue weighted by Crippen LogP contribution is -2.28. The molecule has 2 N–H and O–H groups in total. The summed E-state index contributed by atoms with van der Waals surface area (Å²) in [6, 6.07) is 10.8. The van der Waals surface area contributed by atoms with Crippen molar-refractivity contribution in [3.8, 4) is 11.5 Å². The molecule has 152 valence electrons. The molecule has 0 saturated heterocycles. The predicted octanol–water partition coefficient (Wildman–Crippen LogP) is 5.25. The summed E-state index contributed by atoms with van der Waals surface area (Å²) >= 11 is 0. The molecular weight excluding hydrogens is 371 g/mol. The number of carbonyl (C=O) groups is 1. The van der Waals surface area contributed by atoms with Crippen LogP contribution in [0, 0.1) is 5.82 Å². The number of anilines is 1. The molecule has 1 fully saturated rings. The van der Waals surface area contributed by atoms with Crippen LogP contribution < -0.4 is 14.8 Å². The zero-order chi connectivity index (χ0) is 20.4. The van der Waals surface area contributed by atoms with E-state index in [1.54, 1.807) is 6.07 Å². The molecule has 1 aliphatic heterocycles. The zero-order valence-electron chi connectivity index (χ0n) is 16.7. The van der Waals surface area contributed by atoms with Crippen LogP contribution in [-0.4, -0.2) is 17.7 Å². The molecule has 5 nitrogen and oxygen atoms in total. The van der Waals surface area contributed by atoms with Crippen LogP contribution in [0.5, 0.6) is 11.5 Å². The van der Waals surface area contributed by atoms with Crippen molar-refractivity contribution in [1.29, 1.82) is 0 Å². The van der Waals surface area contributed by atoms with E-state index in [1.807, 2.05) is 30.3 Å². The normalized spacial score (nSPS) is 16.8. The maximum atomic E-state index is 15.2. The van der Waals surface area contributed by atoms with Crippen molar-refractivity contribution in [3.05, 3.63) is 53.5 Å². The molecule has 0 unspecified atom stereocenters. The highest BCUT2D eigenvalue weighted by Crippen LogP contribution is 2.51. The minimum Gasteiger partial charge on any atom is -0.454 e. The second-order valence-corrected chi connectivity index (χ2v) is 8.93. The van der Waals surface area contributed by atoms with Gasteiger partial charge in [0.1, 0.15) is 0 Å². The number of H-pyrrole nitrogens is 1. The molecule has 2 heterocycles. The highest BCUT2D eigenvalue weighted by Gasteiger charge is 2.51. The number of nitrogens with one attached hydrogen (secondary N) is 2. The van der Waals surface area contributed by atoms with Crippen molar-refractivity contribution in [2.75, 3.05) is 12.1 Å². The van der Waals surface area contributed by atoms with Gasteiger partial charge in [-0.2, -0.15) is 0 Å². The van der Waals surface area contributed by atoms with Gasteiger partial charge >= 0.3 is 0 Å². The molecule has 1 aliphatic carbocycles. The molecule has 6 heteroatoms. The Kier molecular flexibility index (Phi) is 3.72. The zero-order valence-corrected chi connectivity index (χ0v) is 16.7. The summed E-state index contributed by atoms with van der Waals surface area (Å²) in [7, 11) is 0. The summed E-state index contributed by atoms with van der Waals surface area (Å²) in [6.45, 7) is 6.40. The number of hydrogen-bond donors (Lipinski definition) is 2. The molecule has 5 rings (SSSR count). The Hall–Kier alpha value is -3.02. The first-order valence-corrected chi connectivity index (χ1v) is 9.81. The van der Waals surface area contributed by atoms with Gasteiger partial charge in [0.25, 0.3) is 0 Å². The molecule has 0 atom stereocenters. The van der Waals surface area contributed by atoms with Crippen molar-refractivity contribution in [2.24, 2.45) is 0 Å². The van der Waals surface area contributed by atoms with Crippen LogP contribution in [0.15, 0.2) is 36.4 Å². The second-order valence-electron chi connectivity index (χ2n) is 8.93. The minimum absolute atomic E-state index is 0. The van der Waals surface area contributed by atoms with E-state index in [4.69, 9.17) is 9.47 Å². The fourth-order valence-corrected chi connectivity index (χ4v) is 3.88. The van der Waals surface area contributed by atoms with Gasteiger partial charge in [0.15, 0.2) is 17.3 Å². The van der Waals surface area contributed by atoms with E-state index in [1.165, 1.54) is 0 Å². The first-order chi connectivity index (χ1) is 13.8. The fraction of sp³-hybridized carbons (Fsp3) is 0.348. The van der Waals surface area contributed by atoms with Gasteiger partial charge in [-0.1, -0.05) is 26.8 Å². The molecule has 2 aromatic carbocycles. The SMILES string of the molecule is CC(C)(C)c1cc2c(F)c(NC(=O)C3(c4ccc5c(c4)OCO5)CC3)ccc2[nH]1.[HH]. The van der Waals surface area contributed by atoms with Crippen LogP contribution in [0.4, 0.5) is 10.1 Å². The summed E-state index contributed by atoms with van der Waals surface area (Å²) in [6.07, 6.45) is 1.45. The van der Waals surface area contributed by atoms with Crippen LogP contribution in [-0.2, 0) is 15.6 Å². The number of fused-ring (bicyclic) bond motifs is 2. The number of carbonyl (C=O) groups excluding carboxylic acids is 1. The molecule has 1 saturated carbocycles. The molecule has 0 bridgehead atoms. The van der Waals surface area contributed by atoms with Gasteiger partial charge in [-0.05, 0) is 48.7 Å². The van der Waals surface area contributed by atoms with Gasteiger partial charge < -0.3 is 19.8 Å². The Morgan fingerprint density at radius 2 is 1.90 bits per heavy atom. The molecule has 29 heavy (non-hydrogen) atoms. The van der Waals surface area contributed by atoms with E-state index in [0.717, 1.165) is 29.6 Å². The summed E-state index contributed by atoms with van der Waals surface area (Å²) in [4.78, 5) is 16.4. The Morgan fingerprint density at radius 3 is 2.62 bits per heavy atom. The first-order valence-electron chi connectivity index (χ1n) is 9.81. The number of amides is 1. The lowest BCUT2D eigenvalue weighted by Gasteiger charge is -2.17. The Balaban J connectivity index is 0.00000218. The second kappa shape index (κ2) is 5.99. The number of ether oxygens (including phenoxy) is 2. The smallest absolute Gasteiger partial charge is 0.235 e. The Bertz CT molecular complexity index is 1150. The maximum absolute atomic E-state index is 15.2. The number of aromatic nitrogens is 1. The molecule has 1 amide bonds. The van der Waals surface area contributed by atoms with Gasteiger partial charge in [0, 0.05) is 23.4 Å². The van der Waals surface area contributed by atoms with Gasteiger partial charge in [0.2, 0.25) is 12.7 Å². The van der Waals surface area contributed by atoms with Crippen molar-refractivity contribution in [2.45, 2.75) is 44.4 Å². The first kappa shape index (κ1) is 18.0. The van der Waals surface area contributed by atoms with Gasteiger partial charge in [0.05, 0.1) is 11.1 Å². The number of rotatable bonds is 3. The van der Waals surface area contributed by atoms with Gasteiger partial charge in [-0.25, -0.2) is 4.39 Å². The van der Waals surface area contributed by atoms with Crippen LogP contribution in [0.25, 0.3) is 10.9 Å². The average Bonchev–Trinajstić information content (AvgIpc) is 3.14. The largest absolute Gasteiger partial charge is 0.454 e. The highest BCUT2D eigenvalue weighted by atomic mass is 19.1. The van der Waals surface area contributed by atoms with Crippen molar-refractivity contribution in [3.63, 3.8) is 0 Å². The quantitative estimate of drug-likeness (QED) is 0.636. The predicted molar refractivity (Wildman–Crippen MR) is 111 cm³/mol. The molecule has 0 spiro atoms. The standard InChI is InChI=1S/C23H23FN2O3.H2/c1-22(2,3)19-11-14-15(25-19)5-6-16(20(14)24)26-21(27)23(8-9-23)13-4-7-17-18(10-13)29-12-28-17;/h4-7,10-11,25H,8-9,12H2,1-3H3,(H,26,27);1H. The van der Waals surface area contributed by atoms with Crippen molar-refractivity contribution < 1.29 is 20.1 Å². The Morgan fingerprint density at radius 1 is 1.14 bits per heavy atom. The number of halogens is 1. The van der Waals surface area contributed by atoms with Crippen molar-refractivity contribution in [1.82, 2.24) is 4.98 Å². The molecule has 0 radical (unpaired) electrons. The topological polar surface area (TPSA) is 63.4 Å². The maximum Gasteiger partial charge on any atom is 0.235 e. The van der Waals surface area contributed by atoms with E-state index in [0.29, 0.717) is 16.9 Å². The fourth-order valence-electron chi connectivity index (χ4n) is 3.88. The van der Waals surface area contributed by atoms with Crippen LogP contribution in [0.1, 0.15) is 46.3 Å². The highest BCUT2D eigenvalue weighted by molar-refractivity contribution is 6.02. The van der Waals surface area contributed by atoms with E-state index in [2.05, 4.69) is 31.1 Å². The summed E-state index contributed by atoms with van der Waals surface area (Å²) < 4.78 is 25.9. The van der Waals surface area contributed by atoms with E-state index in [-0.39, 0.29) is 25.2 Å². The summed E-state index contributed by atoms with van der Waals surface area (Å²) in [5, 5.41) is 3.31. The molecule has 3 aromatic rings. The number of aromatic amines is 1. The van der Waals surface area contributed by atoms with E-state index in [9.17, 15) is 4.79 Å². The third kappa shape index (κ3) is 2.85. The lowest BCUT2D eigenvalue weighted by atomic mass is 9.92. The molecule has 2 aliphatic rings. The van der Waals surface area contributed by atoms with Crippen LogP contribution in [0.3, 0.4) is 0 Å². The monoisotopic (exact) mass is 396 g/mol. The van der Waals surface area contributed by atoms with E-state index >= 15 is 4.39 Å². The van der Waals surface area contributed by atoms with Gasteiger partial charge in [-0.3, -0.25) is 4.79 Å². The average molecular weight is 396 g/mol. The lowest BCUT2D eigenvalue weighted by molar-refractivity contribution is -0.118. The Labute approximate surface area is 169 Å². The third-order valence-corrected chi connectivity index (χ3v) is 5.90. The van der Waals surface area contributed by atoms with Crippen LogP contribution >= 0.6 is 0 Å². The molecular formula is C23H25FN2O3. The number of benzene rings is 2. The third-order valence-electron chi connectivity index (χ3n) is 5.90. The van der Waals surface area contributed by atoms with E-state index < -0.39 is 11.2 Å².